The Hall–Kier alpha value is -1.30. The Balaban J connectivity index is 1.98. The van der Waals surface area contributed by atoms with Crippen LogP contribution in [0.5, 0.6) is 0 Å². The number of carbonyl (C=O) groups excluding carboxylic acids is 2. The van der Waals surface area contributed by atoms with Crippen molar-refractivity contribution in [3.8, 4) is 0 Å². The summed E-state index contributed by atoms with van der Waals surface area (Å²) in [4.78, 5) is 23.0. The van der Waals surface area contributed by atoms with Crippen LogP contribution in [0.25, 0.3) is 0 Å². The van der Waals surface area contributed by atoms with Gasteiger partial charge in [-0.15, -0.1) is 0 Å². The van der Waals surface area contributed by atoms with E-state index in [1.165, 1.54) is 0 Å². The zero-order chi connectivity index (χ0) is 15.9. The number of carbonyl (C=O) groups is 2. The normalized spacial score (nSPS) is 16.2. The molecule has 3 N–H and O–H groups in total. The van der Waals surface area contributed by atoms with E-state index in [0.717, 1.165) is 25.8 Å². The van der Waals surface area contributed by atoms with E-state index in [4.69, 9.17) is 4.74 Å². The van der Waals surface area contributed by atoms with Crippen molar-refractivity contribution < 1.29 is 14.3 Å². The van der Waals surface area contributed by atoms with Gasteiger partial charge in [-0.25, -0.2) is 4.79 Å². The first-order valence-corrected chi connectivity index (χ1v) is 7.76. The molecule has 1 fully saturated rings. The van der Waals surface area contributed by atoms with Crippen LogP contribution >= 0.6 is 0 Å². The molecule has 0 aromatic heterocycles. The van der Waals surface area contributed by atoms with E-state index in [0.29, 0.717) is 19.0 Å². The molecule has 0 bridgehead atoms. The highest BCUT2D eigenvalue weighted by molar-refractivity contribution is 5.76. The van der Waals surface area contributed by atoms with Gasteiger partial charge in [0.2, 0.25) is 5.91 Å². The van der Waals surface area contributed by atoms with E-state index in [9.17, 15) is 9.59 Å². The fraction of sp³-hybridized carbons (Fsp3) is 0.867. The molecule has 0 saturated heterocycles. The molecule has 0 spiro atoms. The van der Waals surface area contributed by atoms with Crippen molar-refractivity contribution in [1.29, 1.82) is 0 Å². The minimum absolute atomic E-state index is 0.138. The van der Waals surface area contributed by atoms with Crippen molar-refractivity contribution in [1.82, 2.24) is 16.0 Å². The van der Waals surface area contributed by atoms with Gasteiger partial charge in [-0.1, -0.05) is 0 Å². The van der Waals surface area contributed by atoms with Crippen molar-refractivity contribution >= 4 is 12.0 Å². The number of nitrogens with one attached hydrogen (secondary N) is 3. The molecule has 0 aromatic rings. The van der Waals surface area contributed by atoms with Gasteiger partial charge in [0.05, 0.1) is 0 Å². The molecule has 0 heterocycles. The monoisotopic (exact) mass is 299 g/mol. The molecule has 1 aliphatic carbocycles. The molecule has 0 aliphatic heterocycles. The maximum absolute atomic E-state index is 11.5. The number of amides is 2. The lowest BCUT2D eigenvalue weighted by Gasteiger charge is -2.21. The summed E-state index contributed by atoms with van der Waals surface area (Å²) in [7, 11) is 0. The van der Waals surface area contributed by atoms with Gasteiger partial charge in [0.15, 0.2) is 0 Å². The second kappa shape index (κ2) is 8.22. The summed E-state index contributed by atoms with van der Waals surface area (Å²) in [6.07, 6.45) is 3.19. The summed E-state index contributed by atoms with van der Waals surface area (Å²) in [5, 5.41) is 8.96. The summed E-state index contributed by atoms with van der Waals surface area (Å²) in [6, 6.07) is 0.575. The highest BCUT2D eigenvalue weighted by Gasteiger charge is 2.22. The molecule has 1 atom stereocenters. The van der Waals surface area contributed by atoms with Gasteiger partial charge in [0.25, 0.3) is 0 Å². The third-order valence-electron chi connectivity index (χ3n) is 2.97. The van der Waals surface area contributed by atoms with Crippen LogP contribution in [0.1, 0.15) is 53.4 Å². The van der Waals surface area contributed by atoms with Crippen LogP contribution in [-0.2, 0) is 9.53 Å². The van der Waals surface area contributed by atoms with Crippen molar-refractivity contribution in [2.75, 3.05) is 13.1 Å². The maximum atomic E-state index is 11.5. The predicted octanol–water partition coefficient (Wildman–Crippen LogP) is 1.55. The van der Waals surface area contributed by atoms with E-state index in [1.807, 2.05) is 27.7 Å². The lowest BCUT2D eigenvalue weighted by Crippen LogP contribution is -2.41. The maximum Gasteiger partial charge on any atom is 0.407 e. The van der Waals surface area contributed by atoms with E-state index >= 15 is 0 Å². The Bertz CT molecular complexity index is 349. The summed E-state index contributed by atoms with van der Waals surface area (Å²) >= 11 is 0. The minimum atomic E-state index is -0.477. The fourth-order valence-corrected chi connectivity index (χ4v) is 1.75. The van der Waals surface area contributed by atoms with Crippen LogP contribution < -0.4 is 16.0 Å². The van der Waals surface area contributed by atoms with E-state index in [-0.39, 0.29) is 11.9 Å². The van der Waals surface area contributed by atoms with E-state index < -0.39 is 11.7 Å². The van der Waals surface area contributed by atoms with Crippen LogP contribution in [0, 0.1) is 0 Å². The number of hydrogen-bond acceptors (Lipinski definition) is 4. The summed E-state index contributed by atoms with van der Waals surface area (Å²) in [6.45, 7) is 8.75. The van der Waals surface area contributed by atoms with Crippen LogP contribution in [0.3, 0.4) is 0 Å². The van der Waals surface area contributed by atoms with Gasteiger partial charge < -0.3 is 20.7 Å². The quantitative estimate of drug-likeness (QED) is 0.594. The molecule has 21 heavy (non-hydrogen) atoms. The van der Waals surface area contributed by atoms with E-state index in [2.05, 4.69) is 16.0 Å². The second-order valence-corrected chi connectivity index (χ2v) is 6.68. The Labute approximate surface area is 127 Å². The lowest BCUT2D eigenvalue weighted by atomic mass is 10.2. The summed E-state index contributed by atoms with van der Waals surface area (Å²) < 4.78 is 5.16. The number of rotatable bonds is 8. The summed E-state index contributed by atoms with van der Waals surface area (Å²) in [5.41, 5.74) is -0.477. The average molecular weight is 299 g/mol. The third-order valence-corrected chi connectivity index (χ3v) is 2.97. The number of alkyl carbamates (subject to hydrolysis) is 1. The Kier molecular flexibility index (Phi) is 6.95. The van der Waals surface area contributed by atoms with Gasteiger partial charge in [0.1, 0.15) is 5.60 Å². The van der Waals surface area contributed by atoms with E-state index in [1.54, 1.807) is 0 Å². The second-order valence-electron chi connectivity index (χ2n) is 6.68. The molecule has 1 aliphatic rings. The van der Waals surface area contributed by atoms with Crippen LogP contribution in [0.2, 0.25) is 0 Å². The Morgan fingerprint density at radius 1 is 1.29 bits per heavy atom. The molecular formula is C15H29N3O3. The highest BCUT2D eigenvalue weighted by atomic mass is 16.6. The Morgan fingerprint density at radius 3 is 2.52 bits per heavy atom. The molecule has 6 heteroatoms. The zero-order valence-corrected chi connectivity index (χ0v) is 13.6. The average Bonchev–Trinajstić information content (AvgIpc) is 3.14. The first-order chi connectivity index (χ1) is 9.76. The van der Waals surface area contributed by atoms with Crippen LogP contribution in [0.4, 0.5) is 4.79 Å². The summed E-state index contributed by atoms with van der Waals surface area (Å²) in [5.74, 6) is 0.138. The third kappa shape index (κ3) is 10.1. The predicted molar refractivity (Wildman–Crippen MR) is 82.1 cm³/mol. The number of hydrogen-bond donors (Lipinski definition) is 3. The molecule has 0 radical (unpaired) electrons. The largest absolute Gasteiger partial charge is 0.444 e. The molecule has 1 unspecified atom stereocenters. The van der Waals surface area contributed by atoms with Gasteiger partial charge >= 0.3 is 6.09 Å². The molecule has 0 aromatic carbocycles. The fourth-order valence-electron chi connectivity index (χ4n) is 1.75. The molecule has 6 nitrogen and oxygen atoms in total. The van der Waals surface area contributed by atoms with Crippen molar-refractivity contribution in [2.45, 2.75) is 71.1 Å². The van der Waals surface area contributed by atoms with Gasteiger partial charge in [-0.3, -0.25) is 4.79 Å². The van der Waals surface area contributed by atoms with Gasteiger partial charge in [0, 0.05) is 25.0 Å². The van der Waals surface area contributed by atoms with Crippen LogP contribution in [-0.4, -0.2) is 42.8 Å². The SMILES string of the molecule is CC(CNC(=O)OC(C)(C)C)NCCCC(=O)NC1CC1. The first kappa shape index (κ1) is 17.8. The number of ether oxygens (including phenoxy) is 1. The highest BCUT2D eigenvalue weighted by Crippen LogP contribution is 2.18. The smallest absolute Gasteiger partial charge is 0.407 e. The topological polar surface area (TPSA) is 79.5 Å². The molecule has 122 valence electrons. The minimum Gasteiger partial charge on any atom is -0.444 e. The zero-order valence-electron chi connectivity index (χ0n) is 13.6. The van der Waals surface area contributed by atoms with Crippen molar-refractivity contribution in [3.63, 3.8) is 0 Å². The standard InChI is InChI=1S/C15H29N3O3/c1-11(10-17-14(20)21-15(2,3)4)16-9-5-6-13(19)18-12-7-8-12/h11-12,16H,5-10H2,1-4H3,(H,17,20)(H,18,19). The molecular weight excluding hydrogens is 270 g/mol. The Morgan fingerprint density at radius 2 is 1.95 bits per heavy atom. The molecule has 1 saturated carbocycles. The molecule has 2 amide bonds. The van der Waals surface area contributed by atoms with Gasteiger partial charge in [-0.05, 0) is 53.5 Å². The molecule has 1 rings (SSSR count). The first-order valence-electron chi connectivity index (χ1n) is 7.76. The van der Waals surface area contributed by atoms with Crippen LogP contribution in [0.15, 0.2) is 0 Å². The van der Waals surface area contributed by atoms with Crippen molar-refractivity contribution in [2.24, 2.45) is 0 Å². The van der Waals surface area contributed by atoms with Crippen molar-refractivity contribution in [3.05, 3.63) is 0 Å². The van der Waals surface area contributed by atoms with Gasteiger partial charge in [-0.2, -0.15) is 0 Å². The lowest BCUT2D eigenvalue weighted by molar-refractivity contribution is -0.121.